The van der Waals surface area contributed by atoms with Crippen LogP contribution in [-0.4, -0.2) is 43.7 Å². The average molecular weight is 469 g/mol. The van der Waals surface area contributed by atoms with E-state index in [9.17, 15) is 13.2 Å². The van der Waals surface area contributed by atoms with Crippen LogP contribution in [0.3, 0.4) is 0 Å². The highest BCUT2D eigenvalue weighted by Crippen LogP contribution is 2.29. The molecule has 0 amide bonds. The van der Waals surface area contributed by atoms with E-state index < -0.39 is 21.5 Å². The van der Waals surface area contributed by atoms with Crippen molar-refractivity contribution in [3.8, 4) is 11.5 Å². The quantitative estimate of drug-likeness (QED) is 0.375. The SMILES string of the molecule is COC(=O)C(=N)/C=C(\Nc1ccccc1C(C)C)c1nnc(-c2cccc(S(C)(=O)=O)c2)o1. The Kier molecular flexibility index (Phi) is 7.07. The van der Waals surface area contributed by atoms with Crippen molar-refractivity contribution in [2.75, 3.05) is 18.7 Å². The largest absolute Gasteiger partial charge is 0.464 e. The number of esters is 1. The number of hydrogen-bond donors (Lipinski definition) is 2. The van der Waals surface area contributed by atoms with Gasteiger partial charge >= 0.3 is 5.97 Å². The number of para-hydroxylation sites is 1. The molecule has 0 saturated heterocycles. The summed E-state index contributed by atoms with van der Waals surface area (Å²) in [5, 5.41) is 19.2. The van der Waals surface area contributed by atoms with Crippen molar-refractivity contribution < 1.29 is 22.4 Å². The third-order valence-corrected chi connectivity index (χ3v) is 5.82. The lowest BCUT2D eigenvalue weighted by atomic mass is 10.0. The first-order valence-corrected chi connectivity index (χ1v) is 11.9. The van der Waals surface area contributed by atoms with E-state index >= 15 is 0 Å². The number of anilines is 1. The van der Waals surface area contributed by atoms with Crippen molar-refractivity contribution in [2.24, 2.45) is 0 Å². The van der Waals surface area contributed by atoms with Crippen molar-refractivity contribution in [1.82, 2.24) is 10.2 Å². The topological polar surface area (TPSA) is 135 Å². The molecule has 172 valence electrons. The van der Waals surface area contributed by atoms with Gasteiger partial charge in [-0.05, 0) is 41.8 Å². The first kappa shape index (κ1) is 23.9. The van der Waals surface area contributed by atoms with Gasteiger partial charge < -0.3 is 14.5 Å². The van der Waals surface area contributed by atoms with E-state index in [1.165, 1.54) is 25.3 Å². The highest BCUT2D eigenvalue weighted by atomic mass is 32.2. The first-order chi connectivity index (χ1) is 15.6. The number of rotatable bonds is 8. The lowest BCUT2D eigenvalue weighted by Gasteiger charge is -2.15. The van der Waals surface area contributed by atoms with Gasteiger partial charge in [-0.1, -0.05) is 38.1 Å². The fourth-order valence-corrected chi connectivity index (χ4v) is 3.70. The second kappa shape index (κ2) is 9.78. The van der Waals surface area contributed by atoms with E-state index in [0.29, 0.717) is 5.56 Å². The lowest BCUT2D eigenvalue weighted by molar-refractivity contribution is -0.132. The minimum atomic E-state index is -3.42. The summed E-state index contributed by atoms with van der Waals surface area (Å²) in [6.45, 7) is 4.08. The Labute approximate surface area is 191 Å². The molecule has 0 saturated carbocycles. The van der Waals surface area contributed by atoms with Crippen LogP contribution < -0.4 is 5.32 Å². The molecule has 1 heterocycles. The molecule has 33 heavy (non-hydrogen) atoms. The zero-order chi connectivity index (χ0) is 24.2. The molecule has 0 aliphatic rings. The summed E-state index contributed by atoms with van der Waals surface area (Å²) in [5.74, 6) is -0.522. The van der Waals surface area contributed by atoms with Crippen LogP contribution in [0.4, 0.5) is 5.69 Å². The van der Waals surface area contributed by atoms with Crippen molar-refractivity contribution in [3.05, 3.63) is 66.1 Å². The third-order valence-electron chi connectivity index (χ3n) is 4.71. The van der Waals surface area contributed by atoms with E-state index in [1.54, 1.807) is 12.1 Å². The number of carbonyl (C=O) groups excluding carboxylic acids is 1. The van der Waals surface area contributed by atoms with Gasteiger partial charge in [-0.2, -0.15) is 0 Å². The molecular weight excluding hydrogens is 444 g/mol. The lowest BCUT2D eigenvalue weighted by Crippen LogP contribution is -2.14. The fraction of sp³-hybridized carbons (Fsp3) is 0.217. The molecule has 3 aromatic rings. The number of nitrogens with zero attached hydrogens (tertiary/aromatic N) is 2. The molecule has 1 aromatic heterocycles. The van der Waals surface area contributed by atoms with Crippen molar-refractivity contribution >= 4 is 32.9 Å². The van der Waals surface area contributed by atoms with Gasteiger partial charge in [0.1, 0.15) is 11.4 Å². The zero-order valence-electron chi connectivity index (χ0n) is 18.6. The summed E-state index contributed by atoms with van der Waals surface area (Å²) in [6.07, 6.45) is 2.36. The van der Waals surface area contributed by atoms with E-state index in [4.69, 9.17) is 9.83 Å². The molecule has 0 atom stereocenters. The maximum absolute atomic E-state index is 11.9. The standard InChI is InChI=1S/C23H24N4O5S/c1-14(2)17-10-5-6-11-19(17)25-20(13-18(24)23(28)31-3)22-27-26-21(32-22)15-8-7-9-16(12-15)33(4,29)30/h5-14,24-25H,1-4H3/b20-13-,24-18?. The van der Waals surface area contributed by atoms with Gasteiger partial charge in [-0.3, -0.25) is 5.41 Å². The molecule has 2 N–H and O–H groups in total. The molecule has 2 aromatic carbocycles. The molecule has 0 fully saturated rings. The van der Waals surface area contributed by atoms with Crippen LogP contribution in [0.15, 0.2) is 63.9 Å². The van der Waals surface area contributed by atoms with Crippen LogP contribution in [0.1, 0.15) is 31.2 Å². The molecule has 0 aliphatic heterocycles. The molecule has 9 nitrogen and oxygen atoms in total. The van der Waals surface area contributed by atoms with Crippen LogP contribution in [-0.2, 0) is 19.4 Å². The van der Waals surface area contributed by atoms with Crippen LogP contribution in [0.2, 0.25) is 0 Å². The number of nitrogens with one attached hydrogen (secondary N) is 2. The minimum absolute atomic E-state index is 0.0157. The maximum Gasteiger partial charge on any atom is 0.356 e. The van der Waals surface area contributed by atoms with Gasteiger partial charge in [-0.25, -0.2) is 13.2 Å². The Hall–Kier alpha value is -3.79. The predicted octanol–water partition coefficient (Wildman–Crippen LogP) is 3.91. The van der Waals surface area contributed by atoms with Gasteiger partial charge in [0.25, 0.3) is 5.89 Å². The fourth-order valence-electron chi connectivity index (χ4n) is 3.03. The summed E-state index contributed by atoms with van der Waals surface area (Å²) < 4.78 is 34.2. The molecule has 0 unspecified atom stereocenters. The van der Waals surface area contributed by atoms with E-state index in [0.717, 1.165) is 17.5 Å². The molecule has 3 rings (SSSR count). The third kappa shape index (κ3) is 5.72. The number of methoxy groups -OCH3 is 1. The Bertz CT molecular complexity index is 1330. The second-order valence-electron chi connectivity index (χ2n) is 7.54. The molecule has 0 aliphatic carbocycles. The van der Waals surface area contributed by atoms with Crippen LogP contribution >= 0.6 is 0 Å². The zero-order valence-corrected chi connectivity index (χ0v) is 19.4. The Morgan fingerprint density at radius 2 is 1.88 bits per heavy atom. The number of carbonyl (C=O) groups is 1. The molecule has 10 heteroatoms. The van der Waals surface area contributed by atoms with E-state index in [2.05, 4.69) is 20.3 Å². The number of benzene rings is 2. The number of sulfone groups is 1. The van der Waals surface area contributed by atoms with Gasteiger partial charge in [0.15, 0.2) is 9.84 Å². The summed E-state index contributed by atoms with van der Waals surface area (Å²) in [7, 11) is -2.23. The van der Waals surface area contributed by atoms with Gasteiger partial charge in [-0.15, -0.1) is 10.2 Å². The van der Waals surface area contributed by atoms with Crippen LogP contribution in [0.5, 0.6) is 0 Å². The van der Waals surface area contributed by atoms with Gasteiger partial charge in [0, 0.05) is 17.5 Å². The summed E-state index contributed by atoms with van der Waals surface area (Å²) >= 11 is 0. The van der Waals surface area contributed by atoms with E-state index in [-0.39, 0.29) is 28.3 Å². The number of hydrogen-bond acceptors (Lipinski definition) is 9. The van der Waals surface area contributed by atoms with Gasteiger partial charge in [0.2, 0.25) is 5.89 Å². The highest BCUT2D eigenvalue weighted by Gasteiger charge is 2.19. The smallest absolute Gasteiger partial charge is 0.356 e. The van der Waals surface area contributed by atoms with Crippen molar-refractivity contribution in [2.45, 2.75) is 24.7 Å². The Morgan fingerprint density at radius 3 is 2.55 bits per heavy atom. The maximum atomic E-state index is 11.9. The molecule has 0 bridgehead atoms. The van der Waals surface area contributed by atoms with E-state index in [1.807, 2.05) is 38.1 Å². The Balaban J connectivity index is 2.05. The number of ether oxygens (including phenoxy) is 1. The molecule has 0 radical (unpaired) electrons. The van der Waals surface area contributed by atoms with Crippen LogP contribution in [0, 0.1) is 5.41 Å². The monoisotopic (exact) mass is 468 g/mol. The summed E-state index contributed by atoms with van der Waals surface area (Å²) in [4.78, 5) is 11.9. The normalized spacial score (nSPS) is 12.0. The van der Waals surface area contributed by atoms with Gasteiger partial charge in [0.05, 0.1) is 12.0 Å². The Morgan fingerprint density at radius 1 is 1.15 bits per heavy atom. The molecule has 0 spiro atoms. The highest BCUT2D eigenvalue weighted by molar-refractivity contribution is 7.90. The van der Waals surface area contributed by atoms with Crippen molar-refractivity contribution in [1.29, 1.82) is 5.41 Å². The summed E-state index contributed by atoms with van der Waals surface area (Å²) in [5.41, 5.74) is 1.97. The van der Waals surface area contributed by atoms with Crippen LogP contribution in [0.25, 0.3) is 17.2 Å². The molecular formula is C23H24N4O5S. The summed E-state index contributed by atoms with van der Waals surface area (Å²) in [6, 6.07) is 13.7. The second-order valence-corrected chi connectivity index (χ2v) is 9.56. The first-order valence-electron chi connectivity index (χ1n) is 9.99. The minimum Gasteiger partial charge on any atom is -0.464 e. The average Bonchev–Trinajstić information content (AvgIpc) is 3.28. The predicted molar refractivity (Wildman–Crippen MR) is 125 cm³/mol. The number of aromatic nitrogens is 2. The van der Waals surface area contributed by atoms with Crippen molar-refractivity contribution in [3.63, 3.8) is 0 Å².